The monoisotopic (exact) mass is 289 g/mol. The van der Waals surface area contributed by atoms with E-state index >= 15 is 0 Å². The van der Waals surface area contributed by atoms with Crippen LogP contribution in [-0.2, 0) is 6.54 Å². The van der Waals surface area contributed by atoms with Crippen molar-refractivity contribution >= 4 is 10.9 Å². The summed E-state index contributed by atoms with van der Waals surface area (Å²) in [4.78, 5) is 19.0. The molecule has 0 saturated carbocycles. The number of nitrogens with zero attached hydrogens (tertiary/aromatic N) is 3. The zero-order valence-electron chi connectivity index (χ0n) is 12.3. The van der Waals surface area contributed by atoms with E-state index in [1.807, 2.05) is 0 Å². The second-order valence-corrected chi connectivity index (χ2v) is 5.79. The number of hydrogen-bond donors (Lipinski definition) is 0. The predicted molar refractivity (Wildman–Crippen MR) is 80.8 cm³/mol. The highest BCUT2D eigenvalue weighted by molar-refractivity contribution is 5.77. The van der Waals surface area contributed by atoms with Crippen LogP contribution in [0, 0.1) is 11.7 Å². The zero-order chi connectivity index (χ0) is 14.8. The van der Waals surface area contributed by atoms with Crippen LogP contribution >= 0.6 is 0 Å². The summed E-state index contributed by atoms with van der Waals surface area (Å²) < 4.78 is 15.2. The van der Waals surface area contributed by atoms with Crippen molar-refractivity contribution in [3.8, 4) is 0 Å². The Balaban J connectivity index is 1.82. The van der Waals surface area contributed by atoms with Gasteiger partial charge in [0.05, 0.1) is 11.7 Å². The minimum absolute atomic E-state index is 0.145. The number of hydrogen-bond acceptors (Lipinski definition) is 3. The Kier molecular flexibility index (Phi) is 4.01. The molecule has 1 saturated heterocycles. The van der Waals surface area contributed by atoms with Crippen molar-refractivity contribution in [2.45, 2.75) is 26.3 Å². The molecule has 21 heavy (non-hydrogen) atoms. The number of aromatic nitrogens is 2. The smallest absolute Gasteiger partial charge is 0.261 e. The van der Waals surface area contributed by atoms with Gasteiger partial charge in [-0.2, -0.15) is 0 Å². The molecule has 0 radical (unpaired) electrons. The van der Waals surface area contributed by atoms with E-state index in [0.717, 1.165) is 32.5 Å². The molecule has 1 unspecified atom stereocenters. The van der Waals surface area contributed by atoms with Gasteiger partial charge < -0.3 is 4.90 Å². The summed E-state index contributed by atoms with van der Waals surface area (Å²) in [6.07, 6.45) is 3.74. The van der Waals surface area contributed by atoms with E-state index in [0.29, 0.717) is 17.8 Å². The van der Waals surface area contributed by atoms with Crippen molar-refractivity contribution in [1.29, 1.82) is 0 Å². The Morgan fingerprint density at radius 2 is 2.29 bits per heavy atom. The molecule has 4 nitrogen and oxygen atoms in total. The van der Waals surface area contributed by atoms with Gasteiger partial charge in [0, 0.05) is 13.1 Å². The summed E-state index contributed by atoms with van der Waals surface area (Å²) in [6, 6.07) is 4.53. The van der Waals surface area contributed by atoms with E-state index in [2.05, 4.69) is 16.8 Å². The average Bonchev–Trinajstić information content (AvgIpc) is 2.90. The van der Waals surface area contributed by atoms with Gasteiger partial charge in [0.25, 0.3) is 5.56 Å². The average molecular weight is 289 g/mol. The minimum Gasteiger partial charge on any atom is -0.303 e. The Labute approximate surface area is 123 Å². The number of rotatable bonds is 4. The molecule has 0 amide bonds. The summed E-state index contributed by atoms with van der Waals surface area (Å²) in [5, 5.41) is 0.362. The highest BCUT2D eigenvalue weighted by Gasteiger charge is 2.22. The summed E-state index contributed by atoms with van der Waals surface area (Å²) in [5.41, 5.74) is 0.0197. The first-order valence-electron chi connectivity index (χ1n) is 7.55. The Bertz CT molecular complexity index is 697. The number of benzene rings is 1. The van der Waals surface area contributed by atoms with Crippen LogP contribution in [0.2, 0.25) is 0 Å². The third-order valence-corrected chi connectivity index (χ3v) is 4.17. The molecule has 1 aromatic carbocycles. The van der Waals surface area contributed by atoms with Crippen LogP contribution in [0.25, 0.3) is 10.9 Å². The first kappa shape index (κ1) is 14.2. The topological polar surface area (TPSA) is 38.1 Å². The molecular formula is C16H20FN3O. The van der Waals surface area contributed by atoms with E-state index in [1.54, 1.807) is 16.7 Å². The lowest BCUT2D eigenvalue weighted by atomic mass is 10.1. The van der Waals surface area contributed by atoms with Gasteiger partial charge in [-0.05, 0) is 44.0 Å². The van der Waals surface area contributed by atoms with Gasteiger partial charge in [-0.3, -0.25) is 9.36 Å². The van der Waals surface area contributed by atoms with Crippen molar-refractivity contribution in [2.24, 2.45) is 5.92 Å². The molecule has 1 aliphatic heterocycles. The number of fused-ring (bicyclic) bond motifs is 1. The lowest BCUT2D eigenvalue weighted by Crippen LogP contribution is -2.27. The lowest BCUT2D eigenvalue weighted by molar-refractivity contribution is 0.316. The maximum atomic E-state index is 13.6. The number of likely N-dealkylation sites (tertiary alicyclic amines) is 1. The molecule has 1 fully saturated rings. The number of para-hydroxylation sites is 1. The molecule has 0 bridgehead atoms. The normalized spacial score (nSPS) is 19.4. The fraction of sp³-hybridized carbons (Fsp3) is 0.500. The molecule has 1 aromatic heterocycles. The fourth-order valence-electron chi connectivity index (χ4n) is 3.14. The second kappa shape index (κ2) is 5.93. The standard InChI is InChI=1S/C16H20FN3O/c1-2-7-19-8-6-12(9-19)10-20-11-18-15-13(16(20)21)4-3-5-14(15)17/h3-5,11-12H,2,6-10H2,1H3. The molecule has 0 spiro atoms. The highest BCUT2D eigenvalue weighted by Crippen LogP contribution is 2.18. The molecule has 1 atom stereocenters. The Morgan fingerprint density at radius 1 is 1.43 bits per heavy atom. The molecule has 112 valence electrons. The van der Waals surface area contributed by atoms with E-state index < -0.39 is 5.82 Å². The maximum Gasteiger partial charge on any atom is 0.261 e. The lowest BCUT2D eigenvalue weighted by Gasteiger charge is -2.15. The van der Waals surface area contributed by atoms with Crippen molar-refractivity contribution in [1.82, 2.24) is 14.5 Å². The molecule has 2 aromatic rings. The van der Waals surface area contributed by atoms with E-state index in [4.69, 9.17) is 0 Å². The van der Waals surface area contributed by atoms with Gasteiger partial charge >= 0.3 is 0 Å². The molecule has 1 aliphatic rings. The molecule has 0 aliphatic carbocycles. The van der Waals surface area contributed by atoms with E-state index in [-0.39, 0.29) is 11.1 Å². The minimum atomic E-state index is -0.438. The SMILES string of the molecule is CCCN1CCC(Cn2cnc3c(F)cccc3c2=O)C1. The second-order valence-electron chi connectivity index (χ2n) is 5.79. The Morgan fingerprint density at radius 3 is 3.10 bits per heavy atom. The van der Waals surface area contributed by atoms with Gasteiger partial charge in [-0.25, -0.2) is 9.37 Å². The third-order valence-electron chi connectivity index (χ3n) is 4.17. The molecule has 3 rings (SSSR count). The molecule has 0 N–H and O–H groups in total. The van der Waals surface area contributed by atoms with Gasteiger partial charge in [-0.1, -0.05) is 13.0 Å². The largest absolute Gasteiger partial charge is 0.303 e. The van der Waals surface area contributed by atoms with Crippen molar-refractivity contribution in [3.63, 3.8) is 0 Å². The van der Waals surface area contributed by atoms with E-state index in [9.17, 15) is 9.18 Å². The zero-order valence-corrected chi connectivity index (χ0v) is 12.3. The van der Waals surface area contributed by atoms with Crippen molar-refractivity contribution < 1.29 is 4.39 Å². The van der Waals surface area contributed by atoms with Gasteiger partial charge in [0.15, 0.2) is 0 Å². The fourth-order valence-corrected chi connectivity index (χ4v) is 3.14. The van der Waals surface area contributed by atoms with Gasteiger partial charge in [0.1, 0.15) is 11.3 Å². The first-order chi connectivity index (χ1) is 10.2. The van der Waals surface area contributed by atoms with Crippen LogP contribution in [0.5, 0.6) is 0 Å². The third kappa shape index (κ3) is 2.83. The number of halogens is 1. The van der Waals surface area contributed by atoms with Crippen molar-refractivity contribution in [3.05, 3.63) is 40.7 Å². The summed E-state index contributed by atoms with van der Waals surface area (Å²) in [7, 11) is 0. The van der Waals surface area contributed by atoms with Crippen molar-refractivity contribution in [2.75, 3.05) is 19.6 Å². The van der Waals surface area contributed by atoms with Crippen LogP contribution in [0.1, 0.15) is 19.8 Å². The molecular weight excluding hydrogens is 269 g/mol. The first-order valence-corrected chi connectivity index (χ1v) is 7.55. The summed E-state index contributed by atoms with van der Waals surface area (Å²) in [5.74, 6) is 0.0359. The predicted octanol–water partition coefficient (Wildman–Crippen LogP) is 2.27. The van der Waals surface area contributed by atoms with Crippen LogP contribution in [0.4, 0.5) is 4.39 Å². The van der Waals surface area contributed by atoms with Crippen LogP contribution in [0.15, 0.2) is 29.3 Å². The summed E-state index contributed by atoms with van der Waals surface area (Å²) >= 11 is 0. The quantitative estimate of drug-likeness (QED) is 0.866. The van der Waals surface area contributed by atoms with Gasteiger partial charge in [0.2, 0.25) is 0 Å². The van der Waals surface area contributed by atoms with Crippen LogP contribution in [0.3, 0.4) is 0 Å². The molecule has 5 heteroatoms. The molecule has 2 heterocycles. The van der Waals surface area contributed by atoms with Crippen LogP contribution in [-0.4, -0.2) is 34.1 Å². The van der Waals surface area contributed by atoms with Gasteiger partial charge in [-0.15, -0.1) is 0 Å². The maximum absolute atomic E-state index is 13.6. The van der Waals surface area contributed by atoms with E-state index in [1.165, 1.54) is 12.4 Å². The summed E-state index contributed by atoms with van der Waals surface area (Å²) in [6.45, 7) is 6.09. The van der Waals surface area contributed by atoms with Crippen LogP contribution < -0.4 is 5.56 Å². The Hall–Kier alpha value is -1.75. The highest BCUT2D eigenvalue weighted by atomic mass is 19.1.